The summed E-state index contributed by atoms with van der Waals surface area (Å²) in [5, 5.41) is 4.41. The first-order valence-corrected chi connectivity index (χ1v) is 8.88. The molecule has 0 spiro atoms. The van der Waals surface area contributed by atoms with E-state index in [9.17, 15) is 9.18 Å². The van der Waals surface area contributed by atoms with Crippen LogP contribution in [0.4, 0.5) is 15.8 Å². The zero-order chi connectivity index (χ0) is 19.7. The Morgan fingerprint density at radius 2 is 1.82 bits per heavy atom. The van der Waals surface area contributed by atoms with Crippen LogP contribution in [-0.4, -0.2) is 17.5 Å². The van der Waals surface area contributed by atoms with Crippen molar-refractivity contribution in [3.63, 3.8) is 0 Å². The van der Waals surface area contributed by atoms with Crippen molar-refractivity contribution in [3.8, 4) is 5.75 Å². The topological polar surface area (TPSA) is 77.2 Å². The number of nitrogens with one attached hydrogen (secondary N) is 1. The van der Waals surface area contributed by atoms with E-state index in [1.165, 1.54) is 24.3 Å². The highest BCUT2D eigenvalue weighted by molar-refractivity contribution is 6.09. The van der Waals surface area contributed by atoms with Crippen LogP contribution < -0.4 is 15.8 Å². The number of hydrogen-bond acceptors (Lipinski definition) is 4. The minimum atomic E-state index is -0.388. The molecule has 0 bridgehead atoms. The van der Waals surface area contributed by atoms with Crippen LogP contribution in [0.15, 0.2) is 60.7 Å². The molecule has 0 aliphatic carbocycles. The molecule has 1 aromatic heterocycles. The average Bonchev–Trinajstić information content (AvgIpc) is 2.69. The Morgan fingerprint density at radius 3 is 2.57 bits per heavy atom. The molecule has 1 amide bonds. The van der Waals surface area contributed by atoms with Gasteiger partial charge in [-0.15, -0.1) is 0 Å². The Hall–Kier alpha value is -3.67. The quantitative estimate of drug-likeness (QED) is 0.504. The number of nitrogens with zero attached hydrogens (tertiary/aromatic N) is 1. The Bertz CT molecular complexity index is 1190. The Balaban J connectivity index is 1.70. The van der Waals surface area contributed by atoms with Crippen molar-refractivity contribution in [1.82, 2.24) is 4.98 Å². The fourth-order valence-corrected chi connectivity index (χ4v) is 3.09. The summed E-state index contributed by atoms with van der Waals surface area (Å²) in [4.78, 5) is 17.0. The van der Waals surface area contributed by atoms with Gasteiger partial charge in [-0.3, -0.25) is 4.79 Å². The number of aromatic nitrogens is 1. The number of anilines is 2. The molecule has 3 aromatic carbocycles. The molecule has 0 unspecified atom stereocenters. The molecule has 5 nitrogen and oxygen atoms in total. The monoisotopic (exact) mass is 375 g/mol. The van der Waals surface area contributed by atoms with Crippen molar-refractivity contribution in [2.24, 2.45) is 0 Å². The van der Waals surface area contributed by atoms with Crippen LogP contribution in [0.1, 0.15) is 17.3 Å². The van der Waals surface area contributed by atoms with Crippen molar-refractivity contribution in [1.29, 1.82) is 0 Å². The number of hydrogen-bond donors (Lipinski definition) is 2. The number of halogens is 1. The van der Waals surface area contributed by atoms with Gasteiger partial charge in [0, 0.05) is 22.0 Å². The van der Waals surface area contributed by atoms with Gasteiger partial charge in [0.15, 0.2) is 0 Å². The smallest absolute Gasteiger partial charge is 0.255 e. The maximum Gasteiger partial charge on any atom is 0.255 e. The summed E-state index contributed by atoms with van der Waals surface area (Å²) in [5.74, 6) is 0.0294. The lowest BCUT2D eigenvalue weighted by Gasteiger charge is -2.11. The fraction of sp³-hybridized carbons (Fsp3) is 0.0909. The predicted octanol–water partition coefficient (Wildman–Crippen LogP) is 4.76. The third-order valence-corrected chi connectivity index (χ3v) is 4.46. The molecule has 3 N–H and O–H groups in total. The summed E-state index contributed by atoms with van der Waals surface area (Å²) >= 11 is 0. The van der Waals surface area contributed by atoms with Crippen LogP contribution in [0, 0.1) is 5.82 Å². The number of amides is 1. The SMILES string of the molecule is CCOc1ccc2nc3cc(NC(=O)c4ccc(F)cc4)ccc3c(N)c2c1. The second-order valence-electron chi connectivity index (χ2n) is 6.33. The number of carbonyl (C=O) groups excluding carboxylic acids is 1. The molecule has 0 saturated carbocycles. The summed E-state index contributed by atoms with van der Waals surface area (Å²) in [7, 11) is 0. The first-order valence-electron chi connectivity index (χ1n) is 8.88. The van der Waals surface area contributed by atoms with Crippen LogP contribution in [0.25, 0.3) is 21.8 Å². The molecule has 140 valence electrons. The Labute approximate surface area is 160 Å². The predicted molar refractivity (Wildman–Crippen MR) is 109 cm³/mol. The molecule has 0 radical (unpaired) electrons. The number of fused-ring (bicyclic) bond motifs is 2. The molecule has 6 heteroatoms. The highest BCUT2D eigenvalue weighted by Crippen LogP contribution is 2.32. The van der Waals surface area contributed by atoms with Crippen molar-refractivity contribution < 1.29 is 13.9 Å². The van der Waals surface area contributed by atoms with E-state index in [1.807, 2.05) is 31.2 Å². The second kappa shape index (κ2) is 7.15. The van der Waals surface area contributed by atoms with Gasteiger partial charge in [0.1, 0.15) is 11.6 Å². The first kappa shape index (κ1) is 17.7. The molecule has 4 aromatic rings. The number of benzene rings is 3. The van der Waals surface area contributed by atoms with Crippen LogP contribution in [-0.2, 0) is 0 Å². The van der Waals surface area contributed by atoms with E-state index in [0.717, 1.165) is 22.0 Å². The zero-order valence-corrected chi connectivity index (χ0v) is 15.2. The lowest BCUT2D eigenvalue weighted by Crippen LogP contribution is -2.11. The first-order chi connectivity index (χ1) is 13.5. The van der Waals surface area contributed by atoms with E-state index in [1.54, 1.807) is 12.1 Å². The van der Waals surface area contributed by atoms with Gasteiger partial charge in [-0.2, -0.15) is 0 Å². The van der Waals surface area contributed by atoms with Gasteiger partial charge < -0.3 is 15.8 Å². The van der Waals surface area contributed by atoms with Crippen molar-refractivity contribution in [2.75, 3.05) is 17.7 Å². The van der Waals surface area contributed by atoms with E-state index in [4.69, 9.17) is 10.5 Å². The third kappa shape index (κ3) is 3.32. The number of rotatable bonds is 4. The van der Waals surface area contributed by atoms with Gasteiger partial charge in [0.05, 0.1) is 23.3 Å². The summed E-state index contributed by atoms with van der Waals surface area (Å²) in [5.41, 5.74) is 9.34. The molecule has 4 rings (SSSR count). The molecule has 0 aliphatic rings. The standard InChI is InChI=1S/C22H18FN3O2/c1-2-28-16-8-10-19-18(12-16)21(24)17-9-7-15(11-20(17)26-19)25-22(27)13-3-5-14(23)6-4-13/h3-12H,2H2,1H3,(H2,24,26)(H,25,27). The molecule has 0 fully saturated rings. The number of carbonyl (C=O) groups is 1. The van der Waals surface area contributed by atoms with Crippen molar-refractivity contribution >= 4 is 39.1 Å². The molecule has 0 atom stereocenters. The van der Waals surface area contributed by atoms with Gasteiger partial charge in [-0.25, -0.2) is 9.37 Å². The summed E-state index contributed by atoms with van der Waals surface area (Å²) in [6.45, 7) is 2.50. The second-order valence-corrected chi connectivity index (χ2v) is 6.33. The lowest BCUT2D eigenvalue weighted by atomic mass is 10.1. The van der Waals surface area contributed by atoms with E-state index in [0.29, 0.717) is 29.1 Å². The largest absolute Gasteiger partial charge is 0.494 e. The van der Waals surface area contributed by atoms with E-state index < -0.39 is 0 Å². The number of nitrogen functional groups attached to an aromatic ring is 1. The van der Waals surface area contributed by atoms with Crippen molar-refractivity contribution in [3.05, 3.63) is 72.0 Å². The van der Waals surface area contributed by atoms with Gasteiger partial charge in [0.2, 0.25) is 0 Å². The number of ether oxygens (including phenoxy) is 1. The summed E-state index contributed by atoms with van der Waals surface area (Å²) in [6, 6.07) is 16.3. The number of nitrogens with two attached hydrogens (primary N) is 1. The van der Waals surface area contributed by atoms with Crippen LogP contribution in [0.5, 0.6) is 5.75 Å². The lowest BCUT2D eigenvalue weighted by molar-refractivity contribution is 0.102. The normalized spacial score (nSPS) is 10.9. The van der Waals surface area contributed by atoms with Gasteiger partial charge in [-0.05, 0) is 67.6 Å². The number of pyridine rings is 1. The molecule has 1 heterocycles. The van der Waals surface area contributed by atoms with Gasteiger partial charge >= 0.3 is 0 Å². The van der Waals surface area contributed by atoms with E-state index in [2.05, 4.69) is 10.3 Å². The molecule has 28 heavy (non-hydrogen) atoms. The van der Waals surface area contributed by atoms with E-state index in [-0.39, 0.29) is 11.7 Å². The Morgan fingerprint density at radius 1 is 1.04 bits per heavy atom. The highest BCUT2D eigenvalue weighted by atomic mass is 19.1. The third-order valence-electron chi connectivity index (χ3n) is 4.46. The van der Waals surface area contributed by atoms with Gasteiger partial charge in [-0.1, -0.05) is 0 Å². The molecule has 0 aliphatic heterocycles. The van der Waals surface area contributed by atoms with Gasteiger partial charge in [0.25, 0.3) is 5.91 Å². The highest BCUT2D eigenvalue weighted by Gasteiger charge is 2.11. The molecule has 0 saturated heterocycles. The minimum Gasteiger partial charge on any atom is -0.494 e. The summed E-state index contributed by atoms with van der Waals surface area (Å²) < 4.78 is 18.6. The Kier molecular flexibility index (Phi) is 4.53. The van der Waals surface area contributed by atoms with Crippen molar-refractivity contribution in [2.45, 2.75) is 6.92 Å². The van der Waals surface area contributed by atoms with Crippen LogP contribution in [0.3, 0.4) is 0 Å². The van der Waals surface area contributed by atoms with E-state index >= 15 is 0 Å². The average molecular weight is 375 g/mol. The molecular formula is C22H18FN3O2. The maximum absolute atomic E-state index is 13.0. The van der Waals surface area contributed by atoms with Crippen LogP contribution in [0.2, 0.25) is 0 Å². The fourth-order valence-electron chi connectivity index (χ4n) is 3.09. The molecular weight excluding hydrogens is 357 g/mol. The summed E-state index contributed by atoms with van der Waals surface area (Å²) in [6.07, 6.45) is 0. The maximum atomic E-state index is 13.0. The van der Waals surface area contributed by atoms with Crippen LogP contribution >= 0.6 is 0 Å². The minimum absolute atomic E-state index is 0.325. The zero-order valence-electron chi connectivity index (χ0n) is 15.2.